The van der Waals surface area contributed by atoms with Crippen LogP contribution in [0.4, 0.5) is 10.5 Å². The van der Waals surface area contributed by atoms with Gasteiger partial charge in [0.1, 0.15) is 6.54 Å². The average Bonchev–Trinajstić information content (AvgIpc) is 2.37. The van der Waals surface area contributed by atoms with Gasteiger partial charge in [-0.25, -0.2) is 4.79 Å². The fraction of sp³-hybridized carbons (Fsp3) is 0.308. The summed E-state index contributed by atoms with van der Waals surface area (Å²) in [6.07, 6.45) is 0. The Hall–Kier alpha value is -2.07. The van der Waals surface area contributed by atoms with Gasteiger partial charge in [0, 0.05) is 10.5 Å². The molecule has 0 fully saturated rings. The molecule has 0 aliphatic heterocycles. The number of nitriles is 1. The zero-order valence-corrected chi connectivity index (χ0v) is 12.6. The summed E-state index contributed by atoms with van der Waals surface area (Å²) in [6, 6.07) is 5.96. The van der Waals surface area contributed by atoms with Crippen molar-refractivity contribution in [2.75, 3.05) is 11.9 Å². The number of rotatable bonds is 4. The van der Waals surface area contributed by atoms with Gasteiger partial charge in [0.2, 0.25) is 0 Å². The van der Waals surface area contributed by atoms with Crippen LogP contribution in [0.5, 0.6) is 0 Å². The molecule has 1 aromatic carbocycles. The molecule has 2 N–H and O–H groups in total. The van der Waals surface area contributed by atoms with Gasteiger partial charge in [0.05, 0.1) is 17.3 Å². The van der Waals surface area contributed by atoms with Gasteiger partial charge in [-0.1, -0.05) is 0 Å². The number of amides is 2. The van der Waals surface area contributed by atoms with E-state index in [0.29, 0.717) is 15.7 Å². The molecule has 0 aliphatic rings. The Morgan fingerprint density at radius 3 is 2.60 bits per heavy atom. The Morgan fingerprint density at radius 2 is 2.15 bits per heavy atom. The van der Waals surface area contributed by atoms with Crippen LogP contribution < -0.4 is 5.32 Å². The number of aliphatic carboxylic acids is 1. The fourth-order valence-corrected chi connectivity index (χ4v) is 1.99. The Labute approximate surface area is 125 Å². The first-order valence-corrected chi connectivity index (χ1v) is 6.63. The summed E-state index contributed by atoms with van der Waals surface area (Å²) < 4.78 is 0.559. The molecule has 0 saturated carbocycles. The van der Waals surface area contributed by atoms with Gasteiger partial charge < -0.3 is 15.3 Å². The van der Waals surface area contributed by atoms with E-state index < -0.39 is 12.0 Å². The van der Waals surface area contributed by atoms with E-state index in [1.54, 1.807) is 32.0 Å². The van der Waals surface area contributed by atoms with E-state index in [4.69, 9.17) is 10.4 Å². The predicted octanol–water partition coefficient (Wildman–Crippen LogP) is 2.65. The fourth-order valence-electron chi connectivity index (χ4n) is 1.51. The van der Waals surface area contributed by atoms with E-state index in [0.717, 1.165) is 0 Å². The van der Waals surface area contributed by atoms with Crippen molar-refractivity contribution >= 4 is 33.6 Å². The van der Waals surface area contributed by atoms with Crippen LogP contribution in [-0.4, -0.2) is 34.6 Å². The molecule has 0 heterocycles. The Morgan fingerprint density at radius 1 is 1.50 bits per heavy atom. The number of carbonyl (C=O) groups is 2. The molecule has 0 radical (unpaired) electrons. The third-order valence-electron chi connectivity index (χ3n) is 2.53. The number of carboxylic acid groups (broad SMARTS) is 1. The van der Waals surface area contributed by atoms with E-state index >= 15 is 0 Å². The quantitative estimate of drug-likeness (QED) is 0.881. The zero-order chi connectivity index (χ0) is 15.3. The van der Waals surface area contributed by atoms with Crippen LogP contribution >= 0.6 is 15.9 Å². The van der Waals surface area contributed by atoms with Gasteiger partial charge in [0.25, 0.3) is 0 Å². The van der Waals surface area contributed by atoms with Crippen molar-refractivity contribution in [3.05, 3.63) is 28.2 Å². The highest BCUT2D eigenvalue weighted by molar-refractivity contribution is 9.10. The SMILES string of the molecule is CC(C)N(CC(=O)O)C(=O)Nc1ccc(C#N)cc1Br. The molecule has 0 unspecified atom stereocenters. The highest BCUT2D eigenvalue weighted by atomic mass is 79.9. The minimum atomic E-state index is -1.08. The maximum Gasteiger partial charge on any atom is 0.323 e. The van der Waals surface area contributed by atoms with Crippen molar-refractivity contribution in [1.82, 2.24) is 4.90 Å². The highest BCUT2D eigenvalue weighted by Crippen LogP contribution is 2.23. The number of hydrogen-bond donors (Lipinski definition) is 2. The van der Waals surface area contributed by atoms with Crippen LogP contribution in [0, 0.1) is 11.3 Å². The number of urea groups is 1. The smallest absolute Gasteiger partial charge is 0.323 e. The predicted molar refractivity (Wildman–Crippen MR) is 77.4 cm³/mol. The van der Waals surface area contributed by atoms with E-state index in [-0.39, 0.29) is 12.6 Å². The van der Waals surface area contributed by atoms with E-state index in [1.165, 1.54) is 4.90 Å². The van der Waals surface area contributed by atoms with Crippen LogP contribution in [-0.2, 0) is 4.79 Å². The van der Waals surface area contributed by atoms with Crippen LogP contribution in [0.15, 0.2) is 22.7 Å². The molecule has 0 spiro atoms. The van der Waals surface area contributed by atoms with Crippen LogP contribution in [0.25, 0.3) is 0 Å². The van der Waals surface area contributed by atoms with Gasteiger partial charge in [-0.15, -0.1) is 0 Å². The Bertz CT molecular complexity index is 566. The molecule has 0 bridgehead atoms. The van der Waals surface area contributed by atoms with Crippen LogP contribution in [0.1, 0.15) is 19.4 Å². The minimum absolute atomic E-state index is 0.247. The van der Waals surface area contributed by atoms with E-state index in [1.807, 2.05) is 6.07 Å². The van der Waals surface area contributed by atoms with Gasteiger partial charge in [-0.3, -0.25) is 4.79 Å². The summed E-state index contributed by atoms with van der Waals surface area (Å²) in [5.41, 5.74) is 0.936. The molecule has 0 aliphatic carbocycles. The maximum absolute atomic E-state index is 12.1. The summed E-state index contributed by atoms with van der Waals surface area (Å²) in [4.78, 5) is 24.0. The van der Waals surface area contributed by atoms with Crippen LogP contribution in [0.2, 0.25) is 0 Å². The van der Waals surface area contributed by atoms with Gasteiger partial charge in [0.15, 0.2) is 0 Å². The summed E-state index contributed by atoms with van der Waals surface area (Å²) in [6.45, 7) is 3.09. The lowest BCUT2D eigenvalue weighted by molar-refractivity contribution is -0.137. The molecule has 20 heavy (non-hydrogen) atoms. The largest absolute Gasteiger partial charge is 0.480 e. The Kier molecular flexibility index (Phi) is 5.53. The summed E-state index contributed by atoms with van der Waals surface area (Å²) >= 11 is 3.25. The normalized spacial score (nSPS) is 9.95. The van der Waals surface area contributed by atoms with Gasteiger partial charge in [-0.2, -0.15) is 5.26 Å². The van der Waals surface area contributed by atoms with Crippen molar-refractivity contribution in [1.29, 1.82) is 5.26 Å². The third-order valence-corrected chi connectivity index (χ3v) is 3.19. The number of carbonyl (C=O) groups excluding carboxylic acids is 1. The van der Waals surface area contributed by atoms with Crippen LogP contribution in [0.3, 0.4) is 0 Å². The second-order valence-corrected chi connectivity index (χ2v) is 5.21. The van der Waals surface area contributed by atoms with Crippen molar-refractivity contribution in [3.63, 3.8) is 0 Å². The first-order chi connectivity index (χ1) is 9.35. The number of nitrogens with zero attached hydrogens (tertiary/aromatic N) is 2. The lowest BCUT2D eigenvalue weighted by atomic mass is 10.2. The van der Waals surface area contributed by atoms with Crippen molar-refractivity contribution < 1.29 is 14.7 Å². The maximum atomic E-state index is 12.1. The topological polar surface area (TPSA) is 93.4 Å². The number of hydrogen-bond acceptors (Lipinski definition) is 3. The lowest BCUT2D eigenvalue weighted by Crippen LogP contribution is -2.43. The molecule has 0 aromatic heterocycles. The molecule has 1 rings (SSSR count). The average molecular weight is 340 g/mol. The molecule has 2 amide bonds. The molecule has 1 aromatic rings. The highest BCUT2D eigenvalue weighted by Gasteiger charge is 2.20. The molecule has 7 heteroatoms. The second-order valence-electron chi connectivity index (χ2n) is 4.35. The minimum Gasteiger partial charge on any atom is -0.480 e. The number of halogens is 1. The van der Waals surface area contributed by atoms with Crippen molar-refractivity contribution in [2.45, 2.75) is 19.9 Å². The molecule has 0 atom stereocenters. The molecular formula is C13H14BrN3O3. The monoisotopic (exact) mass is 339 g/mol. The number of nitrogens with one attached hydrogen (secondary N) is 1. The van der Waals surface area contributed by atoms with E-state index in [9.17, 15) is 9.59 Å². The van der Waals surface area contributed by atoms with Crippen molar-refractivity contribution in [2.24, 2.45) is 0 Å². The summed E-state index contributed by atoms with van der Waals surface area (Å²) in [7, 11) is 0. The first kappa shape index (κ1) is 16.0. The third kappa shape index (κ3) is 4.24. The molecule has 106 valence electrons. The summed E-state index contributed by atoms with van der Waals surface area (Å²) in [5.74, 6) is -1.08. The van der Waals surface area contributed by atoms with Gasteiger partial charge in [-0.05, 0) is 48.0 Å². The summed E-state index contributed by atoms with van der Waals surface area (Å²) in [5, 5.41) is 20.2. The molecule has 6 nitrogen and oxygen atoms in total. The van der Waals surface area contributed by atoms with Gasteiger partial charge >= 0.3 is 12.0 Å². The number of carboxylic acids is 1. The lowest BCUT2D eigenvalue weighted by Gasteiger charge is -2.25. The van der Waals surface area contributed by atoms with E-state index in [2.05, 4.69) is 21.2 Å². The number of benzene rings is 1. The Balaban J connectivity index is 2.88. The molecule has 0 saturated heterocycles. The molecular weight excluding hydrogens is 326 g/mol. The standard InChI is InChI=1S/C13H14BrN3O3/c1-8(2)17(7-12(18)19)13(20)16-11-4-3-9(6-15)5-10(11)14/h3-5,8H,7H2,1-2H3,(H,16,20)(H,18,19). The number of anilines is 1. The zero-order valence-electron chi connectivity index (χ0n) is 11.1. The van der Waals surface area contributed by atoms with Crippen molar-refractivity contribution in [3.8, 4) is 6.07 Å². The first-order valence-electron chi connectivity index (χ1n) is 5.84. The second kappa shape index (κ2) is 6.91.